The van der Waals surface area contributed by atoms with Gasteiger partial charge in [-0.3, -0.25) is 0 Å². The molecule has 0 saturated carbocycles. The summed E-state index contributed by atoms with van der Waals surface area (Å²) in [5.74, 6) is 0. The van der Waals surface area contributed by atoms with Crippen LogP contribution in [-0.4, -0.2) is 62.8 Å². The Morgan fingerprint density at radius 1 is 0.917 bits per heavy atom. The Hall–Kier alpha value is -0.0800. The van der Waals surface area contributed by atoms with Crippen molar-refractivity contribution in [2.75, 3.05) is 53.9 Å². The highest BCUT2D eigenvalue weighted by molar-refractivity contribution is 4.47. The molecule has 12 heavy (non-hydrogen) atoms. The first-order valence-electron chi connectivity index (χ1n) is 5.13. The summed E-state index contributed by atoms with van der Waals surface area (Å²) in [6.07, 6.45) is 1.32. The lowest BCUT2D eigenvalue weighted by Crippen LogP contribution is -2.62. The molecule has 0 aromatic carbocycles. The van der Waals surface area contributed by atoms with Crippen LogP contribution in [-0.2, 0) is 0 Å². The molecule has 0 amide bonds. The first kappa shape index (κ1) is 10.0. The first-order chi connectivity index (χ1) is 5.47. The maximum absolute atomic E-state index is 2.41. The standard InChI is InChI=1S/C10H24N2/c1-5-6-12(4)9-7-11(2,3)8-10-12/h5-10H2,1-4H3/q+2. The molecule has 1 rings (SSSR count). The van der Waals surface area contributed by atoms with E-state index in [1.807, 2.05) is 0 Å². The maximum atomic E-state index is 2.41. The van der Waals surface area contributed by atoms with Crippen LogP contribution in [0.2, 0.25) is 0 Å². The minimum Gasteiger partial charge on any atom is -0.319 e. The Balaban J connectivity index is 2.44. The molecule has 0 radical (unpaired) electrons. The van der Waals surface area contributed by atoms with Gasteiger partial charge in [0.15, 0.2) is 0 Å². The third kappa shape index (κ3) is 2.46. The molecule has 2 heteroatoms. The first-order valence-corrected chi connectivity index (χ1v) is 5.13. The molecule has 2 nitrogen and oxygen atoms in total. The molecular formula is C10H24N2+2. The second kappa shape index (κ2) is 3.35. The molecule has 0 atom stereocenters. The number of hydrogen-bond donors (Lipinski definition) is 0. The fourth-order valence-corrected chi connectivity index (χ4v) is 2.01. The maximum Gasteiger partial charge on any atom is 0.128 e. The van der Waals surface area contributed by atoms with Crippen molar-refractivity contribution < 1.29 is 8.97 Å². The SMILES string of the molecule is CCC[N+]1(C)CC[N+](C)(C)CC1. The summed E-state index contributed by atoms with van der Waals surface area (Å²) in [6.45, 7) is 9.06. The normalized spacial score (nSPS) is 27.0. The van der Waals surface area contributed by atoms with E-state index in [1.54, 1.807) is 0 Å². The van der Waals surface area contributed by atoms with Gasteiger partial charge >= 0.3 is 0 Å². The molecule has 1 heterocycles. The van der Waals surface area contributed by atoms with Gasteiger partial charge in [0.05, 0.1) is 27.7 Å². The van der Waals surface area contributed by atoms with Gasteiger partial charge in [-0.2, -0.15) is 0 Å². The summed E-state index contributed by atoms with van der Waals surface area (Å²) in [4.78, 5) is 0. The predicted molar refractivity (Wildman–Crippen MR) is 52.9 cm³/mol. The van der Waals surface area contributed by atoms with Crippen LogP contribution in [0.5, 0.6) is 0 Å². The lowest BCUT2D eigenvalue weighted by molar-refractivity contribution is -1.01. The number of hydrogen-bond acceptors (Lipinski definition) is 0. The summed E-state index contributed by atoms with van der Waals surface area (Å²) in [5.41, 5.74) is 0. The van der Waals surface area contributed by atoms with E-state index in [-0.39, 0.29) is 0 Å². The van der Waals surface area contributed by atoms with Crippen molar-refractivity contribution in [2.45, 2.75) is 13.3 Å². The number of nitrogens with zero attached hydrogens (tertiary/aromatic N) is 2. The Labute approximate surface area is 77.0 Å². The van der Waals surface area contributed by atoms with E-state index in [9.17, 15) is 0 Å². The fraction of sp³-hybridized carbons (Fsp3) is 1.00. The minimum absolute atomic E-state index is 1.22. The van der Waals surface area contributed by atoms with Crippen molar-refractivity contribution in [3.05, 3.63) is 0 Å². The molecule has 1 saturated heterocycles. The van der Waals surface area contributed by atoms with E-state index < -0.39 is 0 Å². The molecule has 0 unspecified atom stereocenters. The summed E-state index contributed by atoms with van der Waals surface area (Å²) in [6, 6.07) is 0. The van der Waals surface area contributed by atoms with E-state index in [2.05, 4.69) is 28.1 Å². The Bertz CT molecular complexity index is 142. The highest BCUT2D eigenvalue weighted by atomic mass is 15.4. The summed E-state index contributed by atoms with van der Waals surface area (Å²) in [5, 5.41) is 0. The lowest BCUT2D eigenvalue weighted by Gasteiger charge is -2.44. The van der Waals surface area contributed by atoms with E-state index in [0.29, 0.717) is 0 Å². The Morgan fingerprint density at radius 3 is 1.83 bits per heavy atom. The van der Waals surface area contributed by atoms with E-state index in [4.69, 9.17) is 0 Å². The zero-order valence-corrected chi connectivity index (χ0v) is 9.14. The van der Waals surface area contributed by atoms with Crippen LogP contribution in [0, 0.1) is 0 Å². The van der Waals surface area contributed by atoms with Crippen LogP contribution in [0.4, 0.5) is 0 Å². The molecule has 1 aliphatic rings. The Morgan fingerprint density at radius 2 is 1.42 bits per heavy atom. The van der Waals surface area contributed by atoms with Crippen LogP contribution in [0.3, 0.4) is 0 Å². The van der Waals surface area contributed by atoms with Gasteiger partial charge in [-0.1, -0.05) is 6.92 Å². The molecule has 0 N–H and O–H groups in total. The van der Waals surface area contributed by atoms with Gasteiger partial charge in [-0.05, 0) is 6.42 Å². The molecule has 0 bridgehead atoms. The van der Waals surface area contributed by atoms with Crippen molar-refractivity contribution in [1.29, 1.82) is 0 Å². The van der Waals surface area contributed by atoms with Crippen molar-refractivity contribution >= 4 is 0 Å². The average Bonchev–Trinajstić information content (AvgIpc) is 1.98. The quantitative estimate of drug-likeness (QED) is 0.544. The number of likely N-dealkylation sites (N-methyl/N-ethyl adjacent to an activating group) is 2. The van der Waals surface area contributed by atoms with Crippen LogP contribution >= 0.6 is 0 Å². The van der Waals surface area contributed by atoms with Gasteiger partial charge in [-0.25, -0.2) is 0 Å². The fourth-order valence-electron chi connectivity index (χ4n) is 2.01. The van der Waals surface area contributed by atoms with Crippen molar-refractivity contribution in [2.24, 2.45) is 0 Å². The van der Waals surface area contributed by atoms with Crippen LogP contribution in [0.15, 0.2) is 0 Å². The summed E-state index contributed by atoms with van der Waals surface area (Å²) in [7, 11) is 7.09. The van der Waals surface area contributed by atoms with E-state index in [0.717, 1.165) is 0 Å². The summed E-state index contributed by atoms with van der Waals surface area (Å²) < 4.78 is 2.52. The smallest absolute Gasteiger partial charge is 0.128 e. The van der Waals surface area contributed by atoms with Gasteiger partial charge < -0.3 is 8.97 Å². The molecule has 1 fully saturated rings. The lowest BCUT2D eigenvalue weighted by atomic mass is 10.2. The topological polar surface area (TPSA) is 0 Å². The number of quaternary nitrogens is 2. The highest BCUT2D eigenvalue weighted by Crippen LogP contribution is 2.13. The van der Waals surface area contributed by atoms with Gasteiger partial charge in [0.2, 0.25) is 0 Å². The molecule has 0 aliphatic carbocycles. The second-order valence-electron chi connectivity index (χ2n) is 5.17. The molecule has 0 spiro atoms. The molecule has 0 aromatic heterocycles. The van der Waals surface area contributed by atoms with Crippen molar-refractivity contribution in [3.63, 3.8) is 0 Å². The van der Waals surface area contributed by atoms with Gasteiger partial charge in [0.1, 0.15) is 26.2 Å². The third-order valence-electron chi connectivity index (χ3n) is 3.25. The second-order valence-corrected chi connectivity index (χ2v) is 5.17. The monoisotopic (exact) mass is 172 g/mol. The van der Waals surface area contributed by atoms with E-state index >= 15 is 0 Å². The van der Waals surface area contributed by atoms with Crippen LogP contribution in [0.25, 0.3) is 0 Å². The van der Waals surface area contributed by atoms with Gasteiger partial charge in [-0.15, -0.1) is 0 Å². The zero-order chi connectivity index (χ0) is 9.24. The highest BCUT2D eigenvalue weighted by Gasteiger charge is 2.33. The zero-order valence-electron chi connectivity index (χ0n) is 9.14. The molecule has 72 valence electrons. The predicted octanol–water partition coefficient (Wildman–Crippen LogP) is 0.933. The van der Waals surface area contributed by atoms with Crippen molar-refractivity contribution in [3.8, 4) is 0 Å². The third-order valence-corrected chi connectivity index (χ3v) is 3.25. The minimum atomic E-state index is 1.22. The average molecular weight is 172 g/mol. The molecule has 0 aromatic rings. The van der Waals surface area contributed by atoms with Crippen LogP contribution in [0.1, 0.15) is 13.3 Å². The Kier molecular flexibility index (Phi) is 2.79. The molecule has 1 aliphatic heterocycles. The van der Waals surface area contributed by atoms with Crippen LogP contribution < -0.4 is 0 Å². The largest absolute Gasteiger partial charge is 0.319 e. The van der Waals surface area contributed by atoms with Crippen molar-refractivity contribution in [1.82, 2.24) is 0 Å². The van der Waals surface area contributed by atoms with Gasteiger partial charge in [0.25, 0.3) is 0 Å². The van der Waals surface area contributed by atoms with E-state index in [1.165, 1.54) is 48.1 Å². The number of piperazine rings is 1. The molecular weight excluding hydrogens is 148 g/mol. The number of rotatable bonds is 2. The summed E-state index contributed by atoms with van der Waals surface area (Å²) >= 11 is 0. The van der Waals surface area contributed by atoms with Gasteiger partial charge in [0, 0.05) is 0 Å².